The molecular formula is C20H24N4. The van der Waals surface area contributed by atoms with E-state index in [2.05, 4.69) is 60.2 Å². The fourth-order valence-electron chi connectivity index (χ4n) is 2.61. The summed E-state index contributed by atoms with van der Waals surface area (Å²) in [5.74, 6) is 1.59. The summed E-state index contributed by atoms with van der Waals surface area (Å²) in [5.41, 5.74) is 10.5. The summed E-state index contributed by atoms with van der Waals surface area (Å²) in [5, 5.41) is 7.37. The maximum absolute atomic E-state index is 5.63. The standard InChI is InChI=1S/C20H24N4/c1-20(2,3)17-10-6-14(7-11-17)12-18-22-19(24-23-18)16-8-4-15(13-21)5-9-16/h4-11H,12-13,21H2,1-3H3,(H,22,23,24). The fourth-order valence-corrected chi connectivity index (χ4v) is 2.61. The largest absolute Gasteiger partial charge is 0.326 e. The Hall–Kier alpha value is -2.46. The van der Waals surface area contributed by atoms with Gasteiger partial charge in [0.05, 0.1) is 0 Å². The summed E-state index contributed by atoms with van der Waals surface area (Å²) in [6, 6.07) is 16.8. The highest BCUT2D eigenvalue weighted by Crippen LogP contribution is 2.23. The van der Waals surface area contributed by atoms with Gasteiger partial charge < -0.3 is 5.73 Å². The van der Waals surface area contributed by atoms with Crippen molar-refractivity contribution in [2.75, 3.05) is 0 Å². The molecule has 0 aliphatic heterocycles. The Morgan fingerprint density at radius 3 is 2.12 bits per heavy atom. The van der Waals surface area contributed by atoms with Crippen LogP contribution in [0.1, 0.15) is 43.3 Å². The molecule has 0 saturated heterocycles. The minimum Gasteiger partial charge on any atom is -0.326 e. The number of benzene rings is 2. The monoisotopic (exact) mass is 320 g/mol. The van der Waals surface area contributed by atoms with Gasteiger partial charge in [-0.1, -0.05) is 69.3 Å². The number of aromatic amines is 1. The van der Waals surface area contributed by atoms with Crippen molar-refractivity contribution in [3.8, 4) is 11.4 Å². The number of nitrogens with one attached hydrogen (secondary N) is 1. The average molecular weight is 320 g/mol. The molecule has 0 unspecified atom stereocenters. The van der Waals surface area contributed by atoms with Crippen LogP contribution < -0.4 is 5.73 Å². The van der Waals surface area contributed by atoms with Crippen LogP contribution in [0.2, 0.25) is 0 Å². The molecule has 0 fully saturated rings. The zero-order valence-electron chi connectivity index (χ0n) is 14.5. The van der Waals surface area contributed by atoms with Gasteiger partial charge in [0.15, 0.2) is 5.82 Å². The third-order valence-electron chi connectivity index (χ3n) is 4.17. The molecule has 4 nitrogen and oxygen atoms in total. The number of H-pyrrole nitrogens is 1. The Morgan fingerprint density at radius 1 is 0.917 bits per heavy atom. The maximum Gasteiger partial charge on any atom is 0.181 e. The predicted molar refractivity (Wildman–Crippen MR) is 97.7 cm³/mol. The van der Waals surface area contributed by atoms with Crippen LogP contribution in [0.4, 0.5) is 0 Å². The van der Waals surface area contributed by atoms with Gasteiger partial charge in [-0.3, -0.25) is 5.10 Å². The summed E-state index contributed by atoms with van der Waals surface area (Å²) in [6.07, 6.45) is 0.748. The Balaban J connectivity index is 1.73. The van der Waals surface area contributed by atoms with Crippen molar-refractivity contribution in [1.29, 1.82) is 0 Å². The SMILES string of the molecule is CC(C)(C)c1ccc(Cc2nc(-c3ccc(CN)cc3)n[nH]2)cc1. The molecule has 3 rings (SSSR count). The van der Waals surface area contributed by atoms with E-state index in [4.69, 9.17) is 5.73 Å². The highest BCUT2D eigenvalue weighted by atomic mass is 15.2. The van der Waals surface area contributed by atoms with Crippen LogP contribution in [0, 0.1) is 0 Å². The van der Waals surface area contributed by atoms with Gasteiger partial charge in [0, 0.05) is 18.5 Å². The topological polar surface area (TPSA) is 67.6 Å². The van der Waals surface area contributed by atoms with Crippen LogP contribution in [0.25, 0.3) is 11.4 Å². The first-order valence-corrected chi connectivity index (χ1v) is 8.26. The van der Waals surface area contributed by atoms with Crippen LogP contribution in [-0.2, 0) is 18.4 Å². The van der Waals surface area contributed by atoms with Gasteiger partial charge in [-0.2, -0.15) is 5.10 Å². The van der Waals surface area contributed by atoms with Gasteiger partial charge in [0.2, 0.25) is 0 Å². The lowest BCUT2D eigenvalue weighted by atomic mass is 9.86. The van der Waals surface area contributed by atoms with Crippen LogP contribution in [-0.4, -0.2) is 15.2 Å². The van der Waals surface area contributed by atoms with Gasteiger partial charge in [0.25, 0.3) is 0 Å². The average Bonchev–Trinajstić information content (AvgIpc) is 3.03. The van der Waals surface area contributed by atoms with Crippen LogP contribution in [0.15, 0.2) is 48.5 Å². The second kappa shape index (κ2) is 6.57. The third-order valence-corrected chi connectivity index (χ3v) is 4.17. The van der Waals surface area contributed by atoms with Gasteiger partial charge in [0.1, 0.15) is 5.82 Å². The Bertz CT molecular complexity index is 793. The molecule has 0 bridgehead atoms. The zero-order valence-corrected chi connectivity index (χ0v) is 14.5. The molecule has 0 atom stereocenters. The quantitative estimate of drug-likeness (QED) is 0.768. The second-order valence-corrected chi connectivity index (χ2v) is 7.13. The Kier molecular flexibility index (Phi) is 4.49. The summed E-state index contributed by atoms with van der Waals surface area (Å²) >= 11 is 0. The van der Waals surface area contributed by atoms with Crippen molar-refractivity contribution in [3.63, 3.8) is 0 Å². The lowest BCUT2D eigenvalue weighted by Crippen LogP contribution is -2.10. The van der Waals surface area contributed by atoms with Gasteiger partial charge in [-0.25, -0.2) is 4.98 Å². The molecule has 0 radical (unpaired) electrons. The van der Waals surface area contributed by atoms with Gasteiger partial charge in [-0.05, 0) is 22.1 Å². The number of nitrogens with zero attached hydrogens (tertiary/aromatic N) is 2. The van der Waals surface area contributed by atoms with E-state index in [1.54, 1.807) is 0 Å². The van der Waals surface area contributed by atoms with Gasteiger partial charge >= 0.3 is 0 Å². The van der Waals surface area contributed by atoms with Crippen molar-refractivity contribution in [2.45, 2.75) is 39.2 Å². The Morgan fingerprint density at radius 2 is 1.54 bits per heavy atom. The number of rotatable bonds is 4. The highest BCUT2D eigenvalue weighted by molar-refractivity contribution is 5.55. The molecule has 1 aromatic heterocycles. The zero-order chi connectivity index (χ0) is 17.2. The summed E-state index contributed by atoms with van der Waals surface area (Å²) in [7, 11) is 0. The molecule has 0 aliphatic rings. The fraction of sp³-hybridized carbons (Fsp3) is 0.300. The number of nitrogens with two attached hydrogens (primary N) is 1. The van der Waals surface area contributed by atoms with Crippen molar-refractivity contribution < 1.29 is 0 Å². The van der Waals surface area contributed by atoms with E-state index < -0.39 is 0 Å². The molecule has 4 heteroatoms. The molecule has 0 spiro atoms. The molecule has 0 aliphatic carbocycles. The van der Waals surface area contributed by atoms with E-state index in [-0.39, 0.29) is 5.41 Å². The van der Waals surface area contributed by atoms with E-state index in [0.29, 0.717) is 6.54 Å². The summed E-state index contributed by atoms with van der Waals surface area (Å²) < 4.78 is 0. The third kappa shape index (κ3) is 3.71. The van der Waals surface area contributed by atoms with Crippen LogP contribution >= 0.6 is 0 Å². The minimum absolute atomic E-state index is 0.174. The van der Waals surface area contributed by atoms with Crippen molar-refractivity contribution in [1.82, 2.24) is 15.2 Å². The molecule has 3 aromatic rings. The van der Waals surface area contributed by atoms with E-state index in [9.17, 15) is 0 Å². The second-order valence-electron chi connectivity index (χ2n) is 7.13. The summed E-state index contributed by atoms with van der Waals surface area (Å²) in [4.78, 5) is 4.60. The number of aromatic nitrogens is 3. The van der Waals surface area contributed by atoms with Gasteiger partial charge in [-0.15, -0.1) is 0 Å². The van der Waals surface area contributed by atoms with E-state index in [1.165, 1.54) is 11.1 Å². The Labute approximate surface area is 143 Å². The molecular weight excluding hydrogens is 296 g/mol. The first-order chi connectivity index (χ1) is 11.5. The van der Waals surface area contributed by atoms with Crippen LogP contribution in [0.3, 0.4) is 0 Å². The maximum atomic E-state index is 5.63. The molecule has 24 heavy (non-hydrogen) atoms. The smallest absolute Gasteiger partial charge is 0.181 e. The molecule has 3 N–H and O–H groups in total. The molecule has 2 aromatic carbocycles. The molecule has 1 heterocycles. The highest BCUT2D eigenvalue weighted by Gasteiger charge is 2.13. The molecule has 0 amide bonds. The lowest BCUT2D eigenvalue weighted by Gasteiger charge is -2.19. The van der Waals surface area contributed by atoms with E-state index in [1.807, 2.05) is 24.3 Å². The normalized spacial score (nSPS) is 11.7. The van der Waals surface area contributed by atoms with Crippen molar-refractivity contribution >= 4 is 0 Å². The van der Waals surface area contributed by atoms with E-state index in [0.717, 1.165) is 29.2 Å². The molecule has 0 saturated carbocycles. The lowest BCUT2D eigenvalue weighted by molar-refractivity contribution is 0.590. The minimum atomic E-state index is 0.174. The van der Waals surface area contributed by atoms with Crippen LogP contribution in [0.5, 0.6) is 0 Å². The number of hydrogen-bond acceptors (Lipinski definition) is 3. The van der Waals surface area contributed by atoms with Crippen molar-refractivity contribution in [3.05, 3.63) is 71.0 Å². The first-order valence-electron chi connectivity index (χ1n) is 8.26. The number of hydrogen-bond donors (Lipinski definition) is 2. The predicted octanol–water partition coefficient (Wildman–Crippen LogP) is 3.82. The van der Waals surface area contributed by atoms with E-state index >= 15 is 0 Å². The molecule has 124 valence electrons. The van der Waals surface area contributed by atoms with Crippen molar-refractivity contribution in [2.24, 2.45) is 5.73 Å². The first kappa shape index (κ1) is 16.4. The summed E-state index contributed by atoms with van der Waals surface area (Å²) in [6.45, 7) is 7.21.